The van der Waals surface area contributed by atoms with E-state index in [0.29, 0.717) is 19.3 Å². The summed E-state index contributed by atoms with van der Waals surface area (Å²) < 4.78 is 10.2. The fourth-order valence-corrected chi connectivity index (χ4v) is 4.06. The molecule has 1 saturated carbocycles. The third-order valence-corrected chi connectivity index (χ3v) is 5.81. The highest BCUT2D eigenvalue weighted by atomic mass is 16.6. The summed E-state index contributed by atoms with van der Waals surface area (Å²) in [6, 6.07) is 9.05. The Morgan fingerprint density at radius 1 is 1.09 bits per heavy atom. The van der Waals surface area contributed by atoms with Crippen molar-refractivity contribution in [3.8, 4) is 0 Å². The Morgan fingerprint density at radius 2 is 1.76 bits per heavy atom. The molecule has 9 nitrogen and oxygen atoms in total. The maximum atomic E-state index is 11.9. The lowest BCUT2D eigenvalue weighted by molar-refractivity contribution is -0.145. The molecule has 0 spiro atoms. The molecule has 0 bridgehead atoms. The first-order valence-corrected chi connectivity index (χ1v) is 11.6. The van der Waals surface area contributed by atoms with Crippen LogP contribution < -0.4 is 5.32 Å². The number of alkyl carbamates (subject to hydrolysis) is 1. The van der Waals surface area contributed by atoms with E-state index in [2.05, 4.69) is 5.32 Å². The van der Waals surface area contributed by atoms with Crippen LogP contribution >= 0.6 is 0 Å². The van der Waals surface area contributed by atoms with E-state index in [0.717, 1.165) is 38.5 Å². The second-order valence-corrected chi connectivity index (χ2v) is 8.31. The number of benzene rings is 1. The van der Waals surface area contributed by atoms with E-state index in [1.165, 1.54) is 17.5 Å². The molecular formula is C24H35N3O6. The van der Waals surface area contributed by atoms with E-state index in [9.17, 15) is 19.5 Å². The molecule has 1 aliphatic rings. The van der Waals surface area contributed by atoms with E-state index >= 15 is 0 Å². The maximum absolute atomic E-state index is 11.9. The number of carbonyl (C=O) groups excluding carboxylic acids is 2. The maximum Gasteiger partial charge on any atom is 0.413 e. The van der Waals surface area contributed by atoms with Crippen LogP contribution in [-0.2, 0) is 25.5 Å². The minimum atomic E-state index is -1.00. The first-order chi connectivity index (χ1) is 15.9. The van der Waals surface area contributed by atoms with E-state index in [-0.39, 0.29) is 31.1 Å². The van der Waals surface area contributed by atoms with Gasteiger partial charge in [-0.05, 0) is 37.2 Å². The number of hydrogen-bond donors (Lipinski definition) is 3. The van der Waals surface area contributed by atoms with Crippen LogP contribution in [0.1, 0.15) is 56.9 Å². The summed E-state index contributed by atoms with van der Waals surface area (Å²) in [5, 5.41) is 19.9. The van der Waals surface area contributed by atoms with Crippen LogP contribution in [0.15, 0.2) is 30.3 Å². The van der Waals surface area contributed by atoms with Crippen LogP contribution in [0.25, 0.3) is 0 Å². The molecule has 3 N–H and O–H groups in total. The lowest BCUT2D eigenvalue weighted by Crippen LogP contribution is -2.52. The quantitative estimate of drug-likeness (QED) is 0.199. The summed E-state index contributed by atoms with van der Waals surface area (Å²) in [6.45, 7) is 0.155. The standard InChI is InChI=1S/C24H35N3O6/c1-27(21(22(29)30)19-13-6-3-7-14-19)23(25)26-24(31)33-17-9-16-32-20(28)15-8-12-18-10-4-2-5-11-18/h2,4-5,10-11,19,21H,3,6-9,12-17H2,1H3,(H,29,30)(H2,25,26,31). The predicted octanol–water partition coefficient (Wildman–Crippen LogP) is 3.57. The zero-order chi connectivity index (χ0) is 24.1. The number of aryl methyl sites for hydroxylation is 1. The Hall–Kier alpha value is -3.10. The highest BCUT2D eigenvalue weighted by molar-refractivity contribution is 5.94. The minimum absolute atomic E-state index is 0.0190. The molecule has 1 atom stereocenters. The summed E-state index contributed by atoms with van der Waals surface area (Å²) in [5.41, 5.74) is 1.18. The predicted molar refractivity (Wildman–Crippen MR) is 123 cm³/mol. The van der Waals surface area contributed by atoms with Crippen molar-refractivity contribution in [2.45, 2.75) is 63.8 Å². The van der Waals surface area contributed by atoms with Gasteiger partial charge in [0.15, 0.2) is 0 Å². The van der Waals surface area contributed by atoms with Gasteiger partial charge in [0, 0.05) is 19.9 Å². The second kappa shape index (κ2) is 14.1. The van der Waals surface area contributed by atoms with Crippen molar-refractivity contribution < 1.29 is 29.0 Å². The van der Waals surface area contributed by atoms with Crippen LogP contribution in [0, 0.1) is 11.3 Å². The smallest absolute Gasteiger partial charge is 0.413 e. The van der Waals surface area contributed by atoms with E-state index < -0.39 is 18.1 Å². The third kappa shape index (κ3) is 9.51. The highest BCUT2D eigenvalue weighted by Crippen LogP contribution is 2.28. The molecule has 182 valence electrons. The van der Waals surface area contributed by atoms with Gasteiger partial charge in [-0.2, -0.15) is 0 Å². The lowest BCUT2D eigenvalue weighted by Gasteiger charge is -2.34. The number of hydrogen-bond acceptors (Lipinski definition) is 6. The van der Waals surface area contributed by atoms with Crippen LogP contribution in [-0.4, -0.2) is 60.3 Å². The van der Waals surface area contributed by atoms with Gasteiger partial charge >= 0.3 is 18.0 Å². The molecule has 0 radical (unpaired) electrons. The molecule has 1 amide bonds. The monoisotopic (exact) mass is 461 g/mol. The zero-order valence-electron chi connectivity index (χ0n) is 19.3. The first-order valence-electron chi connectivity index (χ1n) is 11.6. The summed E-state index contributed by atoms with van der Waals surface area (Å²) in [6.07, 6.45) is 5.97. The molecule has 0 saturated heterocycles. The number of carboxylic acid groups (broad SMARTS) is 1. The van der Waals surface area contributed by atoms with Gasteiger partial charge in [-0.3, -0.25) is 15.5 Å². The fraction of sp³-hybridized carbons (Fsp3) is 0.583. The number of guanidine groups is 1. The topological polar surface area (TPSA) is 129 Å². The van der Waals surface area contributed by atoms with Crippen molar-refractivity contribution in [2.24, 2.45) is 5.92 Å². The van der Waals surface area contributed by atoms with Crippen LogP contribution in [0.5, 0.6) is 0 Å². The minimum Gasteiger partial charge on any atom is -0.480 e. The number of nitrogens with one attached hydrogen (secondary N) is 2. The van der Waals surface area contributed by atoms with Crippen molar-refractivity contribution >= 4 is 24.0 Å². The molecule has 2 rings (SSSR count). The van der Waals surface area contributed by atoms with Crippen molar-refractivity contribution in [3.63, 3.8) is 0 Å². The van der Waals surface area contributed by atoms with E-state index in [4.69, 9.17) is 14.9 Å². The second-order valence-electron chi connectivity index (χ2n) is 8.31. The van der Waals surface area contributed by atoms with Gasteiger partial charge in [0.05, 0.1) is 13.2 Å². The Kier molecular flexibility index (Phi) is 11.2. The average molecular weight is 462 g/mol. The lowest BCUT2D eigenvalue weighted by atomic mass is 9.83. The summed E-state index contributed by atoms with van der Waals surface area (Å²) in [4.78, 5) is 36.7. The van der Waals surface area contributed by atoms with Gasteiger partial charge in [0.25, 0.3) is 0 Å². The number of aliphatic carboxylic acids is 1. The third-order valence-electron chi connectivity index (χ3n) is 5.81. The number of nitrogens with zero attached hydrogens (tertiary/aromatic N) is 1. The normalized spacial score (nSPS) is 14.7. The molecule has 9 heteroatoms. The van der Waals surface area contributed by atoms with Gasteiger partial charge in [0.1, 0.15) is 6.04 Å². The number of carbonyl (C=O) groups is 3. The van der Waals surface area contributed by atoms with Crippen LogP contribution in [0.2, 0.25) is 0 Å². The number of carboxylic acids is 1. The molecule has 0 heterocycles. The molecule has 1 aromatic rings. The molecule has 0 aliphatic heterocycles. The number of amides is 1. The molecule has 1 aromatic carbocycles. The van der Waals surface area contributed by atoms with Crippen molar-refractivity contribution in [1.82, 2.24) is 10.2 Å². The van der Waals surface area contributed by atoms with Gasteiger partial charge in [-0.25, -0.2) is 9.59 Å². The number of rotatable bonds is 11. The van der Waals surface area contributed by atoms with Gasteiger partial charge < -0.3 is 19.5 Å². The van der Waals surface area contributed by atoms with Gasteiger partial charge in [0.2, 0.25) is 5.96 Å². The van der Waals surface area contributed by atoms with E-state index in [1.807, 2.05) is 30.3 Å². The van der Waals surface area contributed by atoms with Gasteiger partial charge in [-0.1, -0.05) is 49.6 Å². The Morgan fingerprint density at radius 3 is 2.42 bits per heavy atom. The molecular weight excluding hydrogens is 426 g/mol. The largest absolute Gasteiger partial charge is 0.480 e. The first kappa shape index (κ1) is 26.2. The number of ether oxygens (including phenoxy) is 2. The molecule has 0 aromatic heterocycles. The van der Waals surface area contributed by atoms with Gasteiger partial charge in [-0.15, -0.1) is 0 Å². The average Bonchev–Trinajstić information content (AvgIpc) is 2.80. The Balaban J connectivity index is 1.59. The number of likely N-dealkylation sites (N-methyl/N-ethyl adjacent to an activating group) is 1. The molecule has 1 unspecified atom stereocenters. The highest BCUT2D eigenvalue weighted by Gasteiger charge is 2.34. The van der Waals surface area contributed by atoms with E-state index in [1.54, 1.807) is 0 Å². The molecule has 1 fully saturated rings. The summed E-state index contributed by atoms with van der Waals surface area (Å²) in [5.74, 6) is -1.67. The zero-order valence-corrected chi connectivity index (χ0v) is 19.3. The molecule has 1 aliphatic carbocycles. The van der Waals surface area contributed by atoms with Crippen molar-refractivity contribution in [3.05, 3.63) is 35.9 Å². The summed E-state index contributed by atoms with van der Waals surface area (Å²) >= 11 is 0. The van der Waals surface area contributed by atoms with Crippen molar-refractivity contribution in [1.29, 1.82) is 5.41 Å². The SMILES string of the molecule is CN(C(=N)NC(=O)OCCCOC(=O)CCCc1ccccc1)C(C(=O)O)C1CCCCC1. The van der Waals surface area contributed by atoms with Crippen molar-refractivity contribution in [2.75, 3.05) is 20.3 Å². The Bertz CT molecular complexity index is 780. The number of esters is 1. The summed E-state index contributed by atoms with van der Waals surface area (Å²) in [7, 11) is 1.49. The fourth-order valence-electron chi connectivity index (χ4n) is 4.06. The van der Waals surface area contributed by atoms with Crippen LogP contribution in [0.4, 0.5) is 4.79 Å². The molecule has 33 heavy (non-hydrogen) atoms. The Labute approximate surface area is 194 Å². The van der Waals surface area contributed by atoms with Crippen LogP contribution in [0.3, 0.4) is 0 Å².